The molecule has 100 valence electrons. The fraction of sp³-hybridized carbons (Fsp3) is 0.333. The fourth-order valence-electron chi connectivity index (χ4n) is 3.11. The van der Waals surface area contributed by atoms with Crippen molar-refractivity contribution in [1.82, 2.24) is 0 Å². The van der Waals surface area contributed by atoms with Crippen LogP contribution in [0, 0.1) is 0 Å². The monoisotopic (exact) mass is 324 g/mol. The fourth-order valence-corrected chi connectivity index (χ4v) is 3.37. The summed E-state index contributed by atoms with van der Waals surface area (Å²) in [5.74, 6) is 0. The molecule has 0 unspecified atom stereocenters. The van der Waals surface area contributed by atoms with Gasteiger partial charge in [0.1, 0.15) is 0 Å². The Morgan fingerprint density at radius 1 is 0.750 bits per heavy atom. The normalized spacial score (nSPS) is 17.9. The lowest BCUT2D eigenvalue weighted by molar-refractivity contribution is 0.398. The van der Waals surface area contributed by atoms with Crippen LogP contribution in [0.5, 0.6) is 0 Å². The third kappa shape index (κ3) is 2.86. The first kappa shape index (κ1) is 13.9. The van der Waals surface area contributed by atoms with Crippen molar-refractivity contribution < 1.29 is 0 Å². The Morgan fingerprint density at radius 2 is 1.25 bits per heavy atom. The molecule has 0 bridgehead atoms. The van der Waals surface area contributed by atoms with Crippen LogP contribution in [0.4, 0.5) is 0 Å². The van der Waals surface area contributed by atoms with E-state index in [2.05, 4.69) is 64.5 Å². The third-order valence-electron chi connectivity index (χ3n) is 4.38. The standard InChI is InChI=1S/C18H18BBr/c19-18(12-2-1-3-13-18)16-8-4-14(5-9-16)15-6-10-17(20)11-7-15/h4-11H,1-3,12-13H2. The molecule has 2 radical (unpaired) electrons. The van der Waals surface area contributed by atoms with Gasteiger partial charge in [-0.3, -0.25) is 0 Å². The van der Waals surface area contributed by atoms with Crippen molar-refractivity contribution in [1.29, 1.82) is 0 Å². The molecule has 0 nitrogen and oxygen atoms in total. The minimum absolute atomic E-state index is 0.101. The van der Waals surface area contributed by atoms with E-state index in [1.54, 1.807) is 0 Å². The second-order valence-corrected chi connectivity index (χ2v) is 6.72. The second-order valence-electron chi connectivity index (χ2n) is 5.80. The summed E-state index contributed by atoms with van der Waals surface area (Å²) in [7, 11) is 6.58. The van der Waals surface area contributed by atoms with Crippen LogP contribution in [0.3, 0.4) is 0 Å². The van der Waals surface area contributed by atoms with Gasteiger partial charge in [-0.25, -0.2) is 0 Å². The molecule has 3 rings (SSSR count). The summed E-state index contributed by atoms with van der Waals surface area (Å²) < 4.78 is 1.11. The molecule has 0 heterocycles. The van der Waals surface area contributed by atoms with Gasteiger partial charge in [-0.05, 0) is 28.6 Å². The highest BCUT2D eigenvalue weighted by atomic mass is 79.9. The molecular formula is C18H18BBr. The van der Waals surface area contributed by atoms with Gasteiger partial charge in [0.05, 0.1) is 7.85 Å². The van der Waals surface area contributed by atoms with E-state index in [1.807, 2.05) is 0 Å². The van der Waals surface area contributed by atoms with E-state index >= 15 is 0 Å². The Morgan fingerprint density at radius 3 is 1.80 bits per heavy atom. The Kier molecular flexibility index (Phi) is 4.02. The molecule has 0 spiro atoms. The first-order valence-corrected chi connectivity index (χ1v) is 8.12. The van der Waals surface area contributed by atoms with Crippen LogP contribution in [0.1, 0.15) is 37.7 Å². The van der Waals surface area contributed by atoms with Crippen molar-refractivity contribution in [3.63, 3.8) is 0 Å². The van der Waals surface area contributed by atoms with E-state index < -0.39 is 0 Å². The maximum Gasteiger partial charge on any atom is 0.0810 e. The van der Waals surface area contributed by atoms with Crippen molar-refractivity contribution in [2.45, 2.75) is 37.4 Å². The highest BCUT2D eigenvalue weighted by Gasteiger charge is 2.27. The number of hydrogen-bond acceptors (Lipinski definition) is 0. The molecule has 1 saturated carbocycles. The minimum Gasteiger partial charge on any atom is -0.0586 e. The first-order valence-electron chi connectivity index (χ1n) is 7.33. The third-order valence-corrected chi connectivity index (χ3v) is 4.91. The quantitative estimate of drug-likeness (QED) is 0.645. The van der Waals surface area contributed by atoms with E-state index in [1.165, 1.54) is 36.0 Å². The van der Waals surface area contributed by atoms with Crippen LogP contribution >= 0.6 is 15.9 Å². The number of halogens is 1. The molecule has 2 heteroatoms. The molecule has 0 atom stereocenters. The minimum atomic E-state index is -0.101. The van der Waals surface area contributed by atoms with E-state index in [0.717, 1.165) is 17.3 Å². The zero-order chi connectivity index (χ0) is 14.0. The van der Waals surface area contributed by atoms with Gasteiger partial charge in [0.25, 0.3) is 0 Å². The predicted octanol–water partition coefficient (Wildman–Crippen LogP) is 5.44. The van der Waals surface area contributed by atoms with Crippen LogP contribution in [0.15, 0.2) is 53.0 Å². The van der Waals surface area contributed by atoms with Crippen LogP contribution in [-0.2, 0) is 5.31 Å². The highest BCUT2D eigenvalue weighted by molar-refractivity contribution is 9.10. The first-order chi connectivity index (χ1) is 9.67. The molecular weight excluding hydrogens is 307 g/mol. The molecule has 20 heavy (non-hydrogen) atoms. The SMILES string of the molecule is [B]C1(c2ccc(-c3ccc(Br)cc3)cc2)CCCCC1. The van der Waals surface area contributed by atoms with Crippen molar-refractivity contribution in [3.05, 3.63) is 58.6 Å². The molecule has 0 aromatic heterocycles. The van der Waals surface area contributed by atoms with Crippen LogP contribution in [0.2, 0.25) is 0 Å². The predicted molar refractivity (Wildman–Crippen MR) is 90.1 cm³/mol. The van der Waals surface area contributed by atoms with Crippen LogP contribution < -0.4 is 0 Å². The van der Waals surface area contributed by atoms with Gasteiger partial charge in [-0.1, -0.05) is 90.0 Å². The van der Waals surface area contributed by atoms with Crippen LogP contribution in [-0.4, -0.2) is 7.85 Å². The number of benzene rings is 2. The molecule has 0 saturated heterocycles. The summed E-state index contributed by atoms with van der Waals surface area (Å²) in [6.07, 6.45) is 6.07. The Bertz CT molecular complexity index is 565. The summed E-state index contributed by atoms with van der Waals surface area (Å²) >= 11 is 3.47. The van der Waals surface area contributed by atoms with E-state index in [9.17, 15) is 0 Å². The topological polar surface area (TPSA) is 0 Å². The molecule has 1 aliphatic rings. The maximum atomic E-state index is 6.58. The molecule has 2 aromatic carbocycles. The van der Waals surface area contributed by atoms with Crippen molar-refractivity contribution in [3.8, 4) is 11.1 Å². The summed E-state index contributed by atoms with van der Waals surface area (Å²) in [6.45, 7) is 0. The summed E-state index contributed by atoms with van der Waals surface area (Å²) in [6, 6.07) is 17.2. The van der Waals surface area contributed by atoms with Crippen molar-refractivity contribution in [2.75, 3.05) is 0 Å². The van der Waals surface area contributed by atoms with Gasteiger partial charge in [0, 0.05) is 4.47 Å². The van der Waals surface area contributed by atoms with Gasteiger partial charge in [-0.2, -0.15) is 0 Å². The van der Waals surface area contributed by atoms with Gasteiger partial charge < -0.3 is 0 Å². The summed E-state index contributed by atoms with van der Waals surface area (Å²) in [4.78, 5) is 0. The molecule has 0 amide bonds. The Hall–Kier alpha value is -1.02. The number of rotatable bonds is 2. The summed E-state index contributed by atoms with van der Waals surface area (Å²) in [5, 5.41) is -0.101. The lowest BCUT2D eigenvalue weighted by Gasteiger charge is -2.34. The van der Waals surface area contributed by atoms with Crippen LogP contribution in [0.25, 0.3) is 11.1 Å². The zero-order valence-corrected chi connectivity index (χ0v) is 13.2. The van der Waals surface area contributed by atoms with Crippen molar-refractivity contribution >= 4 is 23.8 Å². The average molecular weight is 325 g/mol. The molecule has 1 fully saturated rings. The molecule has 1 aliphatic carbocycles. The highest BCUT2D eigenvalue weighted by Crippen LogP contribution is 2.37. The van der Waals surface area contributed by atoms with E-state index in [4.69, 9.17) is 7.85 Å². The zero-order valence-electron chi connectivity index (χ0n) is 11.6. The smallest absolute Gasteiger partial charge is 0.0586 e. The van der Waals surface area contributed by atoms with Gasteiger partial charge in [0.15, 0.2) is 0 Å². The lowest BCUT2D eigenvalue weighted by atomic mass is 9.57. The van der Waals surface area contributed by atoms with Gasteiger partial charge in [0.2, 0.25) is 0 Å². The largest absolute Gasteiger partial charge is 0.0810 e. The Balaban J connectivity index is 1.85. The molecule has 0 aliphatic heterocycles. The van der Waals surface area contributed by atoms with Gasteiger partial charge in [-0.15, -0.1) is 0 Å². The van der Waals surface area contributed by atoms with Gasteiger partial charge >= 0.3 is 0 Å². The average Bonchev–Trinajstić information content (AvgIpc) is 2.49. The lowest BCUT2D eigenvalue weighted by Crippen LogP contribution is -2.29. The second kappa shape index (κ2) is 5.77. The van der Waals surface area contributed by atoms with Crippen molar-refractivity contribution in [2.24, 2.45) is 0 Å². The maximum absolute atomic E-state index is 6.58. The summed E-state index contributed by atoms with van der Waals surface area (Å²) in [5.41, 5.74) is 3.79. The molecule has 2 aromatic rings. The Labute approximate surface area is 131 Å². The van der Waals surface area contributed by atoms with E-state index in [-0.39, 0.29) is 5.31 Å². The molecule has 0 N–H and O–H groups in total. The number of hydrogen-bond donors (Lipinski definition) is 0. The van der Waals surface area contributed by atoms with E-state index in [0.29, 0.717) is 0 Å².